The molecule has 0 aliphatic carbocycles. The Morgan fingerprint density at radius 2 is 1.87 bits per heavy atom. The Balaban J connectivity index is 1.74. The second-order valence-electron chi connectivity index (χ2n) is 6.70. The van der Waals surface area contributed by atoms with E-state index >= 15 is 0 Å². The molecule has 160 valence electrons. The highest BCUT2D eigenvalue weighted by Crippen LogP contribution is 2.36. The molecule has 2 heterocycles. The zero-order valence-electron chi connectivity index (χ0n) is 17.4. The van der Waals surface area contributed by atoms with Crippen molar-refractivity contribution in [2.45, 2.75) is 6.92 Å². The number of benzene rings is 1. The molecule has 1 amide bonds. The number of carbonyl (C=O) groups is 1. The first-order valence-corrected chi connectivity index (χ1v) is 10.6. The number of thioether (sulfide) groups is 1. The molecule has 0 unspecified atom stereocenters. The smallest absolute Gasteiger partial charge is 0.294 e. The number of rotatable bonds is 7. The first-order valence-electron chi connectivity index (χ1n) is 9.34. The van der Waals surface area contributed by atoms with Crippen molar-refractivity contribution in [1.82, 2.24) is 5.06 Å². The molecule has 8 heteroatoms. The van der Waals surface area contributed by atoms with Crippen LogP contribution < -0.4 is 4.90 Å². The van der Waals surface area contributed by atoms with E-state index in [2.05, 4.69) is 40.6 Å². The zero-order valence-corrected chi connectivity index (χ0v) is 19.0. The number of anilines is 1. The van der Waals surface area contributed by atoms with Gasteiger partial charge in [0.2, 0.25) is 0 Å². The van der Waals surface area contributed by atoms with Gasteiger partial charge in [-0.1, -0.05) is 53.7 Å². The van der Waals surface area contributed by atoms with E-state index in [1.54, 1.807) is 12.2 Å². The summed E-state index contributed by atoms with van der Waals surface area (Å²) in [6.07, 6.45) is 12.3. The van der Waals surface area contributed by atoms with Crippen molar-refractivity contribution in [2.24, 2.45) is 0 Å². The van der Waals surface area contributed by atoms with E-state index in [0.717, 1.165) is 34.3 Å². The molecule has 1 saturated heterocycles. The molecule has 0 bridgehead atoms. The molecule has 0 atom stereocenters. The summed E-state index contributed by atoms with van der Waals surface area (Å²) in [6, 6.07) is 8.25. The van der Waals surface area contributed by atoms with Gasteiger partial charge in [-0.2, -0.15) is 0 Å². The second-order valence-corrected chi connectivity index (χ2v) is 8.34. The number of hydroxylamine groups is 2. The van der Waals surface area contributed by atoms with Crippen molar-refractivity contribution in [3.8, 4) is 0 Å². The summed E-state index contributed by atoms with van der Waals surface area (Å²) in [5.41, 5.74) is 2.93. The minimum Gasteiger partial charge on any atom is -0.462 e. The van der Waals surface area contributed by atoms with Crippen molar-refractivity contribution in [2.75, 3.05) is 19.0 Å². The normalized spacial score (nSPS) is 19.0. The molecular formula is C23H22N2O4S2. The first-order chi connectivity index (χ1) is 14.9. The van der Waals surface area contributed by atoms with Gasteiger partial charge in [0, 0.05) is 25.4 Å². The summed E-state index contributed by atoms with van der Waals surface area (Å²) in [5, 5.41) is 0.913. The monoisotopic (exact) mass is 454 g/mol. The molecule has 1 aromatic rings. The molecule has 3 rings (SSSR count). The van der Waals surface area contributed by atoms with Crippen LogP contribution in [0.15, 0.2) is 89.5 Å². The van der Waals surface area contributed by atoms with Gasteiger partial charge in [-0.25, -0.2) is 0 Å². The van der Waals surface area contributed by atoms with Crippen molar-refractivity contribution in [3.63, 3.8) is 0 Å². The molecule has 0 aromatic heterocycles. The van der Waals surface area contributed by atoms with E-state index in [-0.39, 0.29) is 4.32 Å². The maximum Gasteiger partial charge on any atom is 0.294 e. The number of nitrogens with zero attached hydrogens (tertiary/aromatic N) is 2. The highest BCUT2D eigenvalue weighted by atomic mass is 32.2. The van der Waals surface area contributed by atoms with Crippen LogP contribution >= 0.6 is 24.0 Å². The molecule has 0 saturated carbocycles. The van der Waals surface area contributed by atoms with Gasteiger partial charge in [0.05, 0.1) is 4.91 Å². The topological polar surface area (TPSA) is 51.2 Å². The fourth-order valence-corrected chi connectivity index (χ4v) is 3.88. The van der Waals surface area contributed by atoms with Crippen LogP contribution in [0.25, 0.3) is 6.08 Å². The fourth-order valence-electron chi connectivity index (χ4n) is 2.74. The Labute approximate surface area is 191 Å². The Kier molecular flexibility index (Phi) is 7.51. The number of ether oxygens (including phenoxy) is 1. The highest BCUT2D eigenvalue weighted by Gasteiger charge is 2.36. The van der Waals surface area contributed by atoms with E-state index in [4.69, 9.17) is 21.9 Å². The van der Waals surface area contributed by atoms with Gasteiger partial charge in [0.1, 0.15) is 17.8 Å². The summed E-state index contributed by atoms with van der Waals surface area (Å²) in [7, 11) is 4.02. The van der Waals surface area contributed by atoms with Gasteiger partial charge in [0.25, 0.3) is 5.91 Å². The average molecular weight is 455 g/mol. The molecule has 1 fully saturated rings. The summed E-state index contributed by atoms with van der Waals surface area (Å²) in [4.78, 5) is 24.6. The van der Waals surface area contributed by atoms with Gasteiger partial charge in [-0.05, 0) is 55.1 Å². The number of hydrogen-bond acceptors (Lipinski definition) is 7. The minimum atomic E-state index is -0.404. The lowest BCUT2D eigenvalue weighted by atomic mass is 10.1. The second kappa shape index (κ2) is 10.3. The van der Waals surface area contributed by atoms with E-state index in [9.17, 15) is 4.79 Å². The van der Waals surface area contributed by atoms with Crippen molar-refractivity contribution in [3.05, 3.63) is 95.0 Å². The molecule has 6 nitrogen and oxygen atoms in total. The van der Waals surface area contributed by atoms with Gasteiger partial charge >= 0.3 is 0 Å². The summed E-state index contributed by atoms with van der Waals surface area (Å²) in [5.74, 6) is 0.864. The standard InChI is InChI=1S/C23H22N2O4S2/c1-5-27-29-25-22(26)21(31-23(25)30)18-14-16(2)28-20(15-18)9-7-6-8-17-10-12-19(13-11-17)24(3)4/h5-15H,1H2,2-4H3. The Bertz CT molecular complexity index is 1030. The quantitative estimate of drug-likeness (QED) is 0.139. The van der Waals surface area contributed by atoms with Gasteiger partial charge < -0.3 is 14.5 Å². The van der Waals surface area contributed by atoms with E-state index in [1.807, 2.05) is 45.3 Å². The molecule has 2 aliphatic rings. The van der Waals surface area contributed by atoms with Crippen molar-refractivity contribution >= 4 is 46.0 Å². The summed E-state index contributed by atoms with van der Waals surface area (Å²) in [6.45, 7) is 5.19. The molecule has 0 N–H and O–H groups in total. The Hall–Kier alpha value is -3.07. The predicted molar refractivity (Wildman–Crippen MR) is 128 cm³/mol. The Morgan fingerprint density at radius 3 is 2.55 bits per heavy atom. The van der Waals surface area contributed by atoms with Gasteiger partial charge in [-0.15, -0.1) is 5.06 Å². The maximum atomic E-state index is 12.6. The number of carbonyl (C=O) groups excluding carboxylic acids is 1. The fraction of sp³-hybridized carbons (Fsp3) is 0.130. The van der Waals surface area contributed by atoms with E-state index in [1.165, 1.54) is 0 Å². The largest absolute Gasteiger partial charge is 0.462 e. The van der Waals surface area contributed by atoms with Crippen LogP contribution in [-0.4, -0.2) is 29.4 Å². The lowest BCUT2D eigenvalue weighted by molar-refractivity contribution is -0.350. The SMILES string of the molecule is C=COON1C(=O)C(=C2C=C(C)OC(C=CC=Cc3ccc(N(C)C)cc3)=C2)SC1=S. The maximum absolute atomic E-state index is 12.6. The zero-order chi connectivity index (χ0) is 22.4. The van der Waals surface area contributed by atoms with Crippen molar-refractivity contribution < 1.29 is 19.4 Å². The number of hydrogen-bond donors (Lipinski definition) is 0. The third-order valence-electron chi connectivity index (χ3n) is 4.19. The molecule has 31 heavy (non-hydrogen) atoms. The summed E-state index contributed by atoms with van der Waals surface area (Å²) >= 11 is 6.32. The number of allylic oxidation sites excluding steroid dienone is 7. The minimum absolute atomic E-state index is 0.237. The van der Waals surface area contributed by atoms with Crippen LogP contribution in [0, 0.1) is 0 Å². The molecule has 0 radical (unpaired) electrons. The lowest BCUT2D eigenvalue weighted by Gasteiger charge is -2.14. The van der Waals surface area contributed by atoms with Gasteiger partial charge in [-0.3, -0.25) is 4.79 Å². The Morgan fingerprint density at radius 1 is 1.16 bits per heavy atom. The third kappa shape index (κ3) is 5.75. The third-order valence-corrected chi connectivity index (χ3v) is 5.56. The first kappa shape index (κ1) is 22.6. The highest BCUT2D eigenvalue weighted by molar-refractivity contribution is 8.26. The average Bonchev–Trinajstić information content (AvgIpc) is 3.03. The van der Waals surface area contributed by atoms with Crippen LogP contribution in [0.4, 0.5) is 5.69 Å². The van der Waals surface area contributed by atoms with E-state index in [0.29, 0.717) is 22.0 Å². The predicted octanol–water partition coefficient (Wildman–Crippen LogP) is 5.26. The number of thiocarbonyl (C=S) groups is 1. The van der Waals surface area contributed by atoms with Crippen molar-refractivity contribution in [1.29, 1.82) is 0 Å². The van der Waals surface area contributed by atoms with Crippen LogP contribution in [0.3, 0.4) is 0 Å². The molecule has 2 aliphatic heterocycles. The lowest BCUT2D eigenvalue weighted by Crippen LogP contribution is -2.27. The number of amides is 1. The van der Waals surface area contributed by atoms with Gasteiger partial charge in [0.15, 0.2) is 4.32 Å². The van der Waals surface area contributed by atoms with Crippen LogP contribution in [0.5, 0.6) is 0 Å². The van der Waals surface area contributed by atoms with Crippen LogP contribution in [-0.2, 0) is 19.4 Å². The molecule has 1 aromatic carbocycles. The van der Waals surface area contributed by atoms with E-state index < -0.39 is 5.91 Å². The molecular weight excluding hydrogens is 432 g/mol. The van der Waals surface area contributed by atoms with Crippen LogP contribution in [0.1, 0.15) is 12.5 Å². The summed E-state index contributed by atoms with van der Waals surface area (Å²) < 4.78 is 5.99. The molecule has 0 spiro atoms. The van der Waals surface area contributed by atoms with Crippen LogP contribution in [0.2, 0.25) is 0 Å².